The molecule has 30 heavy (non-hydrogen) atoms. The number of ether oxygens (including phenoxy) is 1. The fraction of sp³-hybridized carbons (Fsp3) is 0.800. The van der Waals surface area contributed by atoms with E-state index in [1.165, 1.54) is 50.3 Å². The number of hydrogen-bond donors (Lipinski definition) is 0. The molecule has 3 saturated carbocycles. The third-order valence-electron chi connectivity index (χ3n) is 9.78. The lowest BCUT2D eigenvalue weighted by atomic mass is 9.45. The highest BCUT2D eigenvalue weighted by Crippen LogP contribution is 2.66. The zero-order valence-corrected chi connectivity index (χ0v) is 19.2. The number of nitrogens with zero attached hydrogens (tertiary/aromatic N) is 2. The molecule has 0 amide bonds. The number of aromatic nitrogens is 2. The van der Waals surface area contributed by atoms with Gasteiger partial charge in [-0.05, 0) is 92.8 Å². The van der Waals surface area contributed by atoms with Crippen LogP contribution in [0.15, 0.2) is 0 Å². The predicted octanol–water partition coefficient (Wildman–Crippen LogP) is 4.84. The van der Waals surface area contributed by atoms with Gasteiger partial charge in [-0.25, -0.2) is 4.68 Å². The van der Waals surface area contributed by atoms with Gasteiger partial charge in [-0.15, -0.1) is 0 Å². The topological polar surface area (TPSA) is 61.2 Å². The van der Waals surface area contributed by atoms with Gasteiger partial charge < -0.3 is 4.74 Å². The number of carbonyl (C=O) groups is 2. The summed E-state index contributed by atoms with van der Waals surface area (Å²) in [6.45, 7) is 10.2. The van der Waals surface area contributed by atoms with E-state index in [4.69, 9.17) is 4.74 Å². The van der Waals surface area contributed by atoms with Gasteiger partial charge in [0.25, 0.3) is 0 Å². The normalized spacial score (nSPS) is 42.0. The van der Waals surface area contributed by atoms with E-state index >= 15 is 0 Å². The van der Waals surface area contributed by atoms with Crippen molar-refractivity contribution in [2.24, 2.45) is 29.1 Å². The van der Waals surface area contributed by atoms with Crippen LogP contribution in [0, 0.1) is 36.0 Å². The van der Waals surface area contributed by atoms with Gasteiger partial charge in [-0.2, -0.15) is 5.10 Å². The Kier molecular flexibility index (Phi) is 4.51. The van der Waals surface area contributed by atoms with Gasteiger partial charge in [0.15, 0.2) is 0 Å². The summed E-state index contributed by atoms with van der Waals surface area (Å²) in [5.41, 5.74) is 4.15. The number of fused-ring (bicyclic) bond motifs is 7. The summed E-state index contributed by atoms with van der Waals surface area (Å²) in [4.78, 5) is 23.7. The Morgan fingerprint density at radius 1 is 1.07 bits per heavy atom. The van der Waals surface area contributed by atoms with Crippen molar-refractivity contribution in [3.8, 4) is 0 Å². The number of carbonyl (C=O) groups excluding carboxylic acids is 2. The van der Waals surface area contributed by atoms with E-state index in [9.17, 15) is 9.59 Å². The van der Waals surface area contributed by atoms with Gasteiger partial charge in [0.2, 0.25) is 5.91 Å². The van der Waals surface area contributed by atoms with Crippen LogP contribution in [0.1, 0.15) is 94.4 Å². The second kappa shape index (κ2) is 6.67. The molecule has 3 fully saturated rings. The van der Waals surface area contributed by atoms with E-state index in [-0.39, 0.29) is 23.4 Å². The van der Waals surface area contributed by atoms with Gasteiger partial charge in [-0.1, -0.05) is 13.8 Å². The Labute approximate surface area is 179 Å². The molecule has 0 unspecified atom stereocenters. The average molecular weight is 413 g/mol. The first-order chi connectivity index (χ1) is 14.1. The number of aryl methyl sites for hydroxylation is 1. The number of esters is 1. The van der Waals surface area contributed by atoms with Crippen LogP contribution in [0.5, 0.6) is 0 Å². The first-order valence-electron chi connectivity index (χ1n) is 11.9. The largest absolute Gasteiger partial charge is 0.463 e. The maximum absolute atomic E-state index is 12.2. The van der Waals surface area contributed by atoms with Gasteiger partial charge in [0.05, 0.1) is 11.4 Å². The van der Waals surface area contributed by atoms with Crippen LogP contribution in [-0.2, 0) is 21.4 Å². The van der Waals surface area contributed by atoms with E-state index in [0.717, 1.165) is 36.8 Å². The Morgan fingerprint density at radius 2 is 1.83 bits per heavy atom. The number of rotatable bonds is 1. The Morgan fingerprint density at radius 3 is 2.53 bits per heavy atom. The molecule has 1 heterocycles. The van der Waals surface area contributed by atoms with Crippen molar-refractivity contribution >= 4 is 11.9 Å². The van der Waals surface area contributed by atoms with E-state index in [1.54, 1.807) is 11.6 Å². The molecule has 5 nitrogen and oxygen atoms in total. The Hall–Kier alpha value is -1.65. The summed E-state index contributed by atoms with van der Waals surface area (Å²) in [7, 11) is 0. The summed E-state index contributed by atoms with van der Waals surface area (Å²) < 4.78 is 7.30. The molecular formula is C25H36N2O3. The predicted molar refractivity (Wildman–Crippen MR) is 114 cm³/mol. The molecule has 5 heteroatoms. The molecule has 0 bridgehead atoms. The molecule has 4 aliphatic rings. The minimum absolute atomic E-state index is 0.0395. The maximum Gasteiger partial charge on any atom is 0.302 e. The number of hydrogen-bond acceptors (Lipinski definition) is 4. The van der Waals surface area contributed by atoms with Crippen LogP contribution < -0.4 is 0 Å². The fourth-order valence-corrected chi connectivity index (χ4v) is 8.54. The van der Waals surface area contributed by atoms with E-state index < -0.39 is 0 Å². The first kappa shape index (κ1) is 20.3. The third kappa shape index (κ3) is 2.69. The molecular weight excluding hydrogens is 376 g/mol. The van der Waals surface area contributed by atoms with Gasteiger partial charge in [0, 0.05) is 19.4 Å². The molecule has 0 saturated heterocycles. The van der Waals surface area contributed by atoms with Gasteiger partial charge >= 0.3 is 5.97 Å². The average Bonchev–Trinajstić information content (AvgIpc) is 3.16. The van der Waals surface area contributed by atoms with E-state index in [1.807, 2.05) is 0 Å². The minimum atomic E-state index is -0.135. The molecule has 4 aliphatic carbocycles. The summed E-state index contributed by atoms with van der Waals surface area (Å²) in [5.74, 6) is 2.66. The van der Waals surface area contributed by atoms with Crippen LogP contribution in [0.2, 0.25) is 0 Å². The Balaban J connectivity index is 1.43. The van der Waals surface area contributed by atoms with Crippen LogP contribution >= 0.6 is 0 Å². The molecule has 0 aliphatic heterocycles. The highest BCUT2D eigenvalue weighted by Gasteiger charge is 2.60. The highest BCUT2D eigenvalue weighted by atomic mass is 16.5. The van der Waals surface area contributed by atoms with Crippen molar-refractivity contribution in [1.29, 1.82) is 0 Å². The summed E-state index contributed by atoms with van der Waals surface area (Å²) in [6.07, 6.45) is 9.34. The molecule has 7 atom stereocenters. The van der Waals surface area contributed by atoms with E-state index in [2.05, 4.69) is 25.9 Å². The van der Waals surface area contributed by atoms with Crippen LogP contribution in [0.25, 0.3) is 0 Å². The highest BCUT2D eigenvalue weighted by molar-refractivity contribution is 5.77. The zero-order chi connectivity index (χ0) is 21.4. The molecule has 5 rings (SSSR count). The second-order valence-electron chi connectivity index (χ2n) is 11.2. The molecule has 164 valence electrons. The van der Waals surface area contributed by atoms with E-state index in [0.29, 0.717) is 17.3 Å². The van der Waals surface area contributed by atoms with Crippen molar-refractivity contribution in [1.82, 2.24) is 9.78 Å². The maximum atomic E-state index is 12.2. The summed E-state index contributed by atoms with van der Waals surface area (Å²) in [5, 5.41) is 4.61. The lowest BCUT2D eigenvalue weighted by molar-refractivity contribution is -0.157. The molecule has 1 aromatic rings. The SMILES string of the molecule is CC(=O)O[C@H]1CC[C@@]2(C)[C@@H](CC[C@H]3[C@H]2CC[C@@]2(C)c4c(C)nn(C(C)=O)c4C[C@H]32)C1. The lowest BCUT2D eigenvalue weighted by Gasteiger charge is -2.60. The summed E-state index contributed by atoms with van der Waals surface area (Å²) in [6, 6.07) is 0. The van der Waals surface area contributed by atoms with Crippen molar-refractivity contribution in [2.45, 2.75) is 97.5 Å². The fourth-order valence-electron chi connectivity index (χ4n) is 8.54. The van der Waals surface area contributed by atoms with Crippen molar-refractivity contribution in [3.63, 3.8) is 0 Å². The summed E-state index contributed by atoms with van der Waals surface area (Å²) >= 11 is 0. The van der Waals surface area contributed by atoms with Crippen molar-refractivity contribution in [2.75, 3.05) is 0 Å². The molecule has 0 aromatic carbocycles. The van der Waals surface area contributed by atoms with Gasteiger partial charge in [-0.3, -0.25) is 9.59 Å². The standard InChI is InChI=1S/C25H36N2O3/c1-14-23-22(27(26-14)15(2)28)13-21-19-7-6-17-12-18(30-16(3)29)8-10-24(17,4)20(19)9-11-25(21,23)5/h17-21H,6-13H2,1-5H3/t17-,18-,19-,20+,21+,24-,25+/m0/s1. The zero-order valence-electron chi connectivity index (χ0n) is 19.2. The third-order valence-corrected chi connectivity index (χ3v) is 9.78. The molecule has 0 spiro atoms. The second-order valence-corrected chi connectivity index (χ2v) is 11.2. The van der Waals surface area contributed by atoms with Crippen LogP contribution in [0.4, 0.5) is 0 Å². The molecule has 0 N–H and O–H groups in total. The molecule has 0 radical (unpaired) electrons. The Bertz CT molecular complexity index is 904. The minimum Gasteiger partial charge on any atom is -0.463 e. The first-order valence-corrected chi connectivity index (χ1v) is 11.9. The van der Waals surface area contributed by atoms with Crippen LogP contribution in [0.3, 0.4) is 0 Å². The quantitative estimate of drug-likeness (QED) is 0.619. The van der Waals surface area contributed by atoms with Crippen molar-refractivity contribution in [3.05, 3.63) is 17.0 Å². The lowest BCUT2D eigenvalue weighted by Crippen LogP contribution is -2.54. The monoisotopic (exact) mass is 412 g/mol. The van der Waals surface area contributed by atoms with Gasteiger partial charge in [0.1, 0.15) is 6.10 Å². The molecule has 1 aromatic heterocycles. The van der Waals surface area contributed by atoms with Crippen LogP contribution in [-0.4, -0.2) is 27.8 Å². The van der Waals surface area contributed by atoms with Crippen molar-refractivity contribution < 1.29 is 14.3 Å². The smallest absolute Gasteiger partial charge is 0.302 e.